The lowest BCUT2D eigenvalue weighted by Crippen LogP contribution is -2.13. The molecule has 0 unspecified atom stereocenters. The van der Waals surface area contributed by atoms with Gasteiger partial charge in [-0.15, -0.1) is 0 Å². The van der Waals surface area contributed by atoms with Crippen LogP contribution in [-0.4, -0.2) is 8.42 Å². The van der Waals surface area contributed by atoms with Crippen LogP contribution in [0, 0.1) is 3.57 Å². The van der Waals surface area contributed by atoms with Crippen LogP contribution in [0.3, 0.4) is 0 Å². The maximum atomic E-state index is 10.9. The van der Waals surface area contributed by atoms with Gasteiger partial charge < -0.3 is 0 Å². The molecule has 0 aromatic heterocycles. The fourth-order valence-electron chi connectivity index (χ4n) is 0.704. The summed E-state index contributed by atoms with van der Waals surface area (Å²) in [6.07, 6.45) is 0. The molecule has 0 spiro atoms. The van der Waals surface area contributed by atoms with Crippen LogP contribution in [-0.2, 0) is 10.0 Å². The Kier molecular flexibility index (Phi) is 2.97. The topological polar surface area (TPSA) is 60.2 Å². The number of hydrogen-bond donors (Lipinski definition) is 1. The summed E-state index contributed by atoms with van der Waals surface area (Å²) in [6.45, 7) is 0. The van der Waals surface area contributed by atoms with Crippen LogP contribution in [0.5, 0.6) is 0 Å². The predicted octanol–water partition coefficient (Wildman–Crippen LogP) is 1.59. The Morgan fingerprint density at radius 3 is 2.42 bits per heavy atom. The Morgan fingerprint density at radius 1 is 1.42 bits per heavy atom. The van der Waals surface area contributed by atoms with Crippen LogP contribution in [0.1, 0.15) is 0 Å². The second-order valence-electron chi connectivity index (χ2n) is 2.10. The molecule has 0 atom stereocenters. The molecule has 66 valence electrons. The van der Waals surface area contributed by atoms with E-state index in [-0.39, 0.29) is 4.90 Å². The van der Waals surface area contributed by atoms with Gasteiger partial charge in [0.15, 0.2) is 0 Å². The van der Waals surface area contributed by atoms with E-state index in [9.17, 15) is 8.42 Å². The molecule has 0 radical (unpaired) electrons. The SMILES string of the molecule is NS(=O)(=O)c1cccc(Cl)c1I. The van der Waals surface area contributed by atoms with Crippen molar-refractivity contribution < 1.29 is 8.42 Å². The Morgan fingerprint density at radius 2 is 2.00 bits per heavy atom. The lowest BCUT2D eigenvalue weighted by atomic mass is 10.4. The lowest BCUT2D eigenvalue weighted by Gasteiger charge is -2.01. The molecule has 0 saturated carbocycles. The van der Waals surface area contributed by atoms with Crippen molar-refractivity contribution in [3.63, 3.8) is 0 Å². The van der Waals surface area contributed by atoms with Gasteiger partial charge in [0.1, 0.15) is 0 Å². The highest BCUT2D eigenvalue weighted by Crippen LogP contribution is 2.24. The molecule has 1 aromatic rings. The van der Waals surface area contributed by atoms with Crippen LogP contribution >= 0.6 is 34.2 Å². The smallest absolute Gasteiger partial charge is 0.225 e. The van der Waals surface area contributed by atoms with Crippen molar-refractivity contribution in [2.45, 2.75) is 4.90 Å². The summed E-state index contributed by atoms with van der Waals surface area (Å²) in [6, 6.07) is 4.57. The average Bonchev–Trinajstić information content (AvgIpc) is 1.92. The molecule has 0 amide bonds. The fourth-order valence-corrected chi connectivity index (χ4v) is 2.84. The number of primary sulfonamides is 1. The Labute approximate surface area is 89.1 Å². The summed E-state index contributed by atoms with van der Waals surface area (Å²) in [5.41, 5.74) is 0. The van der Waals surface area contributed by atoms with Gasteiger partial charge in [-0.1, -0.05) is 17.7 Å². The second-order valence-corrected chi connectivity index (χ2v) is 5.11. The van der Waals surface area contributed by atoms with Crippen LogP contribution in [0.25, 0.3) is 0 Å². The molecule has 0 heterocycles. The molecule has 0 fully saturated rings. The highest BCUT2D eigenvalue weighted by atomic mass is 127. The molecule has 0 aliphatic carbocycles. The number of rotatable bonds is 1. The van der Waals surface area contributed by atoms with Crippen LogP contribution < -0.4 is 5.14 Å². The van der Waals surface area contributed by atoms with Crippen molar-refractivity contribution in [2.24, 2.45) is 5.14 Å². The van der Waals surface area contributed by atoms with E-state index in [1.807, 2.05) is 22.6 Å². The Balaban J connectivity index is 3.47. The molecule has 3 nitrogen and oxygen atoms in total. The fraction of sp³-hybridized carbons (Fsp3) is 0. The van der Waals surface area contributed by atoms with Gasteiger partial charge in [0, 0.05) is 0 Å². The summed E-state index contributed by atoms with van der Waals surface area (Å²) in [4.78, 5) is 0.0654. The first-order valence-corrected chi connectivity index (χ1v) is 5.90. The van der Waals surface area contributed by atoms with Crippen molar-refractivity contribution in [3.05, 3.63) is 26.8 Å². The van der Waals surface area contributed by atoms with E-state index in [2.05, 4.69) is 0 Å². The van der Waals surface area contributed by atoms with E-state index >= 15 is 0 Å². The Bertz CT molecular complexity index is 404. The maximum Gasteiger partial charge on any atom is 0.239 e. The minimum Gasteiger partial charge on any atom is -0.225 e. The monoisotopic (exact) mass is 317 g/mol. The summed E-state index contributed by atoms with van der Waals surface area (Å²) in [7, 11) is -3.65. The number of halogens is 2. The van der Waals surface area contributed by atoms with Gasteiger partial charge in [0.25, 0.3) is 0 Å². The highest BCUT2D eigenvalue weighted by Gasteiger charge is 2.13. The van der Waals surface area contributed by atoms with Crippen molar-refractivity contribution in [3.8, 4) is 0 Å². The molecule has 1 aromatic carbocycles. The average molecular weight is 318 g/mol. The van der Waals surface area contributed by atoms with Crippen molar-refractivity contribution in [2.75, 3.05) is 0 Å². The normalized spacial score (nSPS) is 11.6. The first kappa shape index (κ1) is 10.2. The third kappa shape index (κ3) is 2.09. The lowest BCUT2D eigenvalue weighted by molar-refractivity contribution is 0.597. The summed E-state index contributed by atoms with van der Waals surface area (Å²) in [5, 5.41) is 5.33. The zero-order chi connectivity index (χ0) is 9.35. The zero-order valence-electron chi connectivity index (χ0n) is 5.79. The van der Waals surface area contributed by atoms with Gasteiger partial charge in [-0.2, -0.15) is 0 Å². The van der Waals surface area contributed by atoms with E-state index in [1.165, 1.54) is 6.07 Å². The molecule has 0 saturated heterocycles. The van der Waals surface area contributed by atoms with E-state index in [4.69, 9.17) is 16.7 Å². The van der Waals surface area contributed by atoms with Gasteiger partial charge in [0.2, 0.25) is 10.0 Å². The van der Waals surface area contributed by atoms with E-state index in [1.54, 1.807) is 12.1 Å². The number of benzene rings is 1. The predicted molar refractivity (Wildman–Crippen MR) is 55.5 cm³/mol. The summed E-state index contributed by atoms with van der Waals surface area (Å²) >= 11 is 7.53. The van der Waals surface area contributed by atoms with Crippen LogP contribution in [0.4, 0.5) is 0 Å². The van der Waals surface area contributed by atoms with Gasteiger partial charge in [-0.25, -0.2) is 13.6 Å². The minimum absolute atomic E-state index is 0.0654. The molecule has 0 aliphatic heterocycles. The minimum atomic E-state index is -3.65. The third-order valence-corrected chi connectivity index (χ3v) is 4.34. The van der Waals surface area contributed by atoms with Crippen LogP contribution in [0.15, 0.2) is 23.1 Å². The van der Waals surface area contributed by atoms with Crippen LogP contribution in [0.2, 0.25) is 5.02 Å². The number of nitrogens with two attached hydrogens (primary N) is 1. The van der Waals surface area contributed by atoms with Gasteiger partial charge in [-0.3, -0.25) is 0 Å². The molecule has 0 aliphatic rings. The third-order valence-electron chi connectivity index (χ3n) is 1.22. The van der Waals surface area contributed by atoms with E-state index in [0.29, 0.717) is 8.59 Å². The van der Waals surface area contributed by atoms with Gasteiger partial charge >= 0.3 is 0 Å². The van der Waals surface area contributed by atoms with Gasteiger partial charge in [0.05, 0.1) is 13.5 Å². The maximum absolute atomic E-state index is 10.9. The standard InChI is InChI=1S/C6H5ClINO2S/c7-4-2-1-3-5(6(4)8)12(9,10)11/h1-3H,(H2,9,10,11). The van der Waals surface area contributed by atoms with Crippen molar-refractivity contribution in [1.82, 2.24) is 0 Å². The van der Waals surface area contributed by atoms with Crippen molar-refractivity contribution >= 4 is 44.2 Å². The number of hydrogen-bond acceptors (Lipinski definition) is 2. The van der Waals surface area contributed by atoms with E-state index < -0.39 is 10.0 Å². The molecule has 6 heteroatoms. The Hall–Kier alpha value is 0.150. The second kappa shape index (κ2) is 3.49. The first-order valence-electron chi connectivity index (χ1n) is 2.90. The molecule has 1 rings (SSSR count). The first-order chi connectivity index (χ1) is 5.43. The molecule has 2 N–H and O–H groups in total. The zero-order valence-corrected chi connectivity index (χ0v) is 9.52. The molecule has 0 bridgehead atoms. The molecular formula is C6H5ClINO2S. The quantitative estimate of drug-likeness (QED) is 0.800. The van der Waals surface area contributed by atoms with Gasteiger partial charge in [-0.05, 0) is 34.7 Å². The number of sulfonamides is 1. The van der Waals surface area contributed by atoms with E-state index in [0.717, 1.165) is 0 Å². The highest BCUT2D eigenvalue weighted by molar-refractivity contribution is 14.1. The summed E-state index contributed by atoms with van der Waals surface area (Å²) in [5.74, 6) is 0. The molecular weight excluding hydrogens is 312 g/mol. The van der Waals surface area contributed by atoms with Crippen molar-refractivity contribution in [1.29, 1.82) is 0 Å². The largest absolute Gasteiger partial charge is 0.239 e. The molecule has 12 heavy (non-hydrogen) atoms. The summed E-state index contributed by atoms with van der Waals surface area (Å²) < 4.78 is 22.3.